The molecule has 0 aliphatic rings. The number of phenolic OH excluding ortho intramolecular Hbond substituents is 1. The predicted molar refractivity (Wildman–Crippen MR) is 55.5 cm³/mol. The smallest absolute Gasteiger partial charge is 0.119 e. The van der Waals surface area contributed by atoms with Crippen LogP contribution in [0.1, 0.15) is 5.56 Å². The Morgan fingerprint density at radius 2 is 2.17 bits per heavy atom. The minimum Gasteiger partial charge on any atom is -0.508 e. The highest BCUT2D eigenvalue weighted by Crippen LogP contribution is 2.33. The molecule has 0 aliphatic heterocycles. The van der Waals surface area contributed by atoms with E-state index in [2.05, 4.69) is 12.6 Å². The molecule has 0 saturated carbocycles. The van der Waals surface area contributed by atoms with Crippen LogP contribution in [-0.2, 0) is 0 Å². The lowest BCUT2D eigenvalue weighted by atomic mass is 10.2. The van der Waals surface area contributed by atoms with E-state index in [1.165, 1.54) is 0 Å². The third-order valence-electron chi connectivity index (χ3n) is 1.87. The Bertz CT molecular complexity index is 431. The largest absolute Gasteiger partial charge is 0.508 e. The molecule has 2 rings (SSSR count). The van der Waals surface area contributed by atoms with Crippen LogP contribution in [0.25, 0.3) is 10.1 Å². The first-order chi connectivity index (χ1) is 5.68. The Balaban J connectivity index is 2.87. The summed E-state index contributed by atoms with van der Waals surface area (Å²) in [5.41, 5.74) is 0.899. The van der Waals surface area contributed by atoms with Crippen molar-refractivity contribution in [1.29, 1.82) is 0 Å². The summed E-state index contributed by atoms with van der Waals surface area (Å²) >= 11 is 5.91. The molecule has 0 atom stereocenters. The minimum atomic E-state index is 0.359. The second kappa shape index (κ2) is 2.68. The zero-order valence-electron chi connectivity index (χ0n) is 6.53. The van der Waals surface area contributed by atoms with Gasteiger partial charge in [0, 0.05) is 20.4 Å². The van der Waals surface area contributed by atoms with E-state index in [0.717, 1.165) is 20.5 Å². The number of hydrogen-bond donors (Lipinski definition) is 2. The molecule has 3 heteroatoms. The second-order valence-electron chi connectivity index (χ2n) is 2.76. The molecule has 1 aromatic carbocycles. The number of fused-ring (bicyclic) bond motifs is 1. The summed E-state index contributed by atoms with van der Waals surface area (Å²) in [4.78, 5) is 0.984. The van der Waals surface area contributed by atoms with E-state index in [4.69, 9.17) is 0 Å². The molecule has 0 saturated heterocycles. The zero-order chi connectivity index (χ0) is 8.72. The molecule has 1 nitrogen and oxygen atoms in total. The number of rotatable bonds is 0. The number of aromatic hydroxyl groups is 1. The van der Waals surface area contributed by atoms with Crippen LogP contribution in [0.2, 0.25) is 0 Å². The second-order valence-corrected chi connectivity index (χ2v) is 4.15. The van der Waals surface area contributed by atoms with Crippen LogP contribution in [0.15, 0.2) is 22.4 Å². The fraction of sp³-hybridized carbons (Fsp3) is 0.111. The van der Waals surface area contributed by atoms with E-state index < -0.39 is 0 Å². The Labute approximate surface area is 80.1 Å². The Kier molecular flexibility index (Phi) is 1.77. The van der Waals surface area contributed by atoms with E-state index in [1.54, 1.807) is 17.4 Å². The Hall–Kier alpha value is -0.670. The van der Waals surface area contributed by atoms with Gasteiger partial charge in [0.1, 0.15) is 5.75 Å². The molecule has 0 fully saturated rings. The van der Waals surface area contributed by atoms with Crippen molar-refractivity contribution in [3.05, 3.63) is 23.1 Å². The van der Waals surface area contributed by atoms with Crippen molar-refractivity contribution in [3.8, 4) is 5.75 Å². The normalized spacial score (nSPS) is 10.8. The van der Waals surface area contributed by atoms with Crippen molar-refractivity contribution in [1.82, 2.24) is 0 Å². The van der Waals surface area contributed by atoms with Crippen molar-refractivity contribution in [2.75, 3.05) is 0 Å². The summed E-state index contributed by atoms with van der Waals surface area (Å²) in [6, 6.07) is 3.75. The number of thiol groups is 1. The van der Waals surface area contributed by atoms with Crippen LogP contribution in [0.4, 0.5) is 0 Å². The average Bonchev–Trinajstić information content (AvgIpc) is 2.35. The fourth-order valence-electron chi connectivity index (χ4n) is 1.16. The van der Waals surface area contributed by atoms with Crippen LogP contribution >= 0.6 is 24.0 Å². The standard InChI is InChI=1S/C9H8OS2/c1-5-2-6-8(11)4-12-9(6)3-7(5)10/h2-4,10-11H,1H3. The van der Waals surface area contributed by atoms with Gasteiger partial charge in [-0.2, -0.15) is 0 Å². The van der Waals surface area contributed by atoms with E-state index >= 15 is 0 Å². The van der Waals surface area contributed by atoms with E-state index in [0.29, 0.717) is 5.75 Å². The molecule has 62 valence electrons. The maximum atomic E-state index is 9.41. The fourth-order valence-corrected chi connectivity index (χ4v) is 2.42. The molecule has 0 radical (unpaired) electrons. The molecule has 12 heavy (non-hydrogen) atoms. The summed E-state index contributed by atoms with van der Waals surface area (Å²) in [7, 11) is 0. The summed E-state index contributed by atoms with van der Waals surface area (Å²) in [6.07, 6.45) is 0. The Morgan fingerprint density at radius 1 is 1.42 bits per heavy atom. The molecule has 1 heterocycles. The van der Waals surface area contributed by atoms with Crippen molar-refractivity contribution in [2.45, 2.75) is 11.8 Å². The van der Waals surface area contributed by atoms with Crippen LogP contribution in [-0.4, -0.2) is 5.11 Å². The zero-order valence-corrected chi connectivity index (χ0v) is 8.25. The summed E-state index contributed by atoms with van der Waals surface area (Å²) < 4.78 is 1.09. The molecular formula is C9H8OS2. The number of thiophene rings is 1. The van der Waals surface area contributed by atoms with Gasteiger partial charge in [-0.15, -0.1) is 24.0 Å². The van der Waals surface area contributed by atoms with Crippen LogP contribution in [0, 0.1) is 6.92 Å². The van der Waals surface area contributed by atoms with Crippen LogP contribution in [0.5, 0.6) is 5.75 Å². The Morgan fingerprint density at radius 3 is 2.92 bits per heavy atom. The lowest BCUT2D eigenvalue weighted by Crippen LogP contribution is -1.73. The maximum absolute atomic E-state index is 9.41. The minimum absolute atomic E-state index is 0.359. The molecule has 0 bridgehead atoms. The van der Waals surface area contributed by atoms with E-state index in [9.17, 15) is 5.11 Å². The number of benzene rings is 1. The first-order valence-corrected chi connectivity index (χ1v) is 4.91. The molecular weight excluding hydrogens is 188 g/mol. The molecule has 0 unspecified atom stereocenters. The maximum Gasteiger partial charge on any atom is 0.119 e. The van der Waals surface area contributed by atoms with E-state index in [1.807, 2.05) is 18.4 Å². The van der Waals surface area contributed by atoms with Gasteiger partial charge >= 0.3 is 0 Å². The quantitative estimate of drug-likeness (QED) is 0.620. The number of hydrogen-bond acceptors (Lipinski definition) is 3. The van der Waals surface area contributed by atoms with Crippen molar-refractivity contribution in [2.24, 2.45) is 0 Å². The van der Waals surface area contributed by atoms with Crippen LogP contribution < -0.4 is 0 Å². The molecule has 1 aromatic heterocycles. The first-order valence-electron chi connectivity index (χ1n) is 3.58. The average molecular weight is 196 g/mol. The molecule has 1 N–H and O–H groups in total. The van der Waals surface area contributed by atoms with Crippen molar-refractivity contribution in [3.63, 3.8) is 0 Å². The molecule has 0 aliphatic carbocycles. The van der Waals surface area contributed by atoms with Crippen molar-refractivity contribution >= 4 is 34.1 Å². The summed E-state index contributed by atoms with van der Waals surface area (Å²) in [5, 5.41) is 12.5. The van der Waals surface area contributed by atoms with Gasteiger partial charge in [0.25, 0.3) is 0 Å². The van der Waals surface area contributed by atoms with Gasteiger partial charge in [0.2, 0.25) is 0 Å². The number of aryl methyl sites for hydroxylation is 1. The van der Waals surface area contributed by atoms with Gasteiger partial charge in [-0.05, 0) is 24.6 Å². The highest BCUT2D eigenvalue weighted by Gasteiger charge is 2.03. The van der Waals surface area contributed by atoms with Crippen LogP contribution in [0.3, 0.4) is 0 Å². The highest BCUT2D eigenvalue weighted by molar-refractivity contribution is 7.80. The van der Waals surface area contributed by atoms with Crippen molar-refractivity contribution < 1.29 is 5.11 Å². The van der Waals surface area contributed by atoms with Gasteiger partial charge in [-0.3, -0.25) is 0 Å². The number of phenols is 1. The lowest BCUT2D eigenvalue weighted by Gasteiger charge is -1.98. The molecule has 0 spiro atoms. The predicted octanol–water partition coefficient (Wildman–Crippen LogP) is 3.20. The van der Waals surface area contributed by atoms with Gasteiger partial charge in [0.05, 0.1) is 0 Å². The summed E-state index contributed by atoms with van der Waals surface area (Å²) in [6.45, 7) is 1.89. The van der Waals surface area contributed by atoms with Gasteiger partial charge < -0.3 is 5.11 Å². The van der Waals surface area contributed by atoms with E-state index in [-0.39, 0.29) is 0 Å². The lowest BCUT2D eigenvalue weighted by molar-refractivity contribution is 0.472. The summed E-state index contributed by atoms with van der Waals surface area (Å²) in [5.74, 6) is 0.359. The van der Waals surface area contributed by atoms with Gasteiger partial charge in [0.15, 0.2) is 0 Å². The molecule has 0 amide bonds. The third kappa shape index (κ3) is 1.09. The highest BCUT2D eigenvalue weighted by atomic mass is 32.1. The third-order valence-corrected chi connectivity index (χ3v) is 3.36. The SMILES string of the molecule is Cc1cc2c(S)csc2cc1O. The van der Waals surface area contributed by atoms with Gasteiger partial charge in [-0.1, -0.05) is 0 Å². The first kappa shape index (κ1) is 7.95. The topological polar surface area (TPSA) is 20.2 Å². The molecule has 2 aromatic rings. The van der Waals surface area contributed by atoms with Gasteiger partial charge in [-0.25, -0.2) is 0 Å². The monoisotopic (exact) mass is 196 g/mol.